The minimum absolute atomic E-state index is 0.0416. The zero-order valence-electron chi connectivity index (χ0n) is 12.0. The molecule has 0 aromatic heterocycles. The Balaban J connectivity index is 2.51. The SMILES string of the molecule is CNC(=O)C1=C(C)NC(=S)N[C@H]1c1ccc(O)c(OC)c1. The van der Waals surface area contributed by atoms with Crippen molar-refractivity contribution in [2.75, 3.05) is 14.2 Å². The number of ether oxygens (including phenoxy) is 1. The fraction of sp³-hybridized carbons (Fsp3) is 0.286. The number of methoxy groups -OCH3 is 1. The number of thiocarbonyl (C=S) groups is 1. The van der Waals surface area contributed by atoms with Gasteiger partial charge in [0.15, 0.2) is 16.6 Å². The number of amides is 1. The van der Waals surface area contributed by atoms with Gasteiger partial charge < -0.3 is 25.8 Å². The predicted octanol–water partition coefficient (Wildman–Crippen LogP) is 0.940. The van der Waals surface area contributed by atoms with Gasteiger partial charge in [0.1, 0.15) is 0 Å². The largest absolute Gasteiger partial charge is 0.504 e. The number of carbonyl (C=O) groups excluding carboxylic acids is 1. The molecule has 0 saturated heterocycles. The number of allylic oxidation sites excluding steroid dienone is 1. The molecule has 7 heteroatoms. The maximum absolute atomic E-state index is 12.1. The molecule has 1 heterocycles. The van der Waals surface area contributed by atoms with Crippen molar-refractivity contribution in [3.05, 3.63) is 35.0 Å². The van der Waals surface area contributed by atoms with Gasteiger partial charge in [0, 0.05) is 12.7 Å². The van der Waals surface area contributed by atoms with E-state index in [9.17, 15) is 9.90 Å². The Morgan fingerprint density at radius 2 is 2.19 bits per heavy atom. The van der Waals surface area contributed by atoms with E-state index >= 15 is 0 Å². The zero-order chi connectivity index (χ0) is 15.6. The van der Waals surface area contributed by atoms with Crippen LogP contribution >= 0.6 is 12.2 Å². The van der Waals surface area contributed by atoms with E-state index < -0.39 is 6.04 Å². The van der Waals surface area contributed by atoms with Gasteiger partial charge >= 0.3 is 0 Å². The third-order valence-corrected chi connectivity index (χ3v) is 3.50. The normalized spacial score (nSPS) is 17.9. The van der Waals surface area contributed by atoms with Crippen molar-refractivity contribution in [3.63, 3.8) is 0 Å². The Hall–Kier alpha value is -2.28. The van der Waals surface area contributed by atoms with Crippen molar-refractivity contribution < 1.29 is 14.6 Å². The average Bonchev–Trinajstić information content (AvgIpc) is 2.46. The first-order valence-electron chi connectivity index (χ1n) is 6.35. The van der Waals surface area contributed by atoms with Crippen LogP contribution in [0.15, 0.2) is 29.5 Å². The quantitative estimate of drug-likeness (QED) is 0.622. The van der Waals surface area contributed by atoms with Crippen molar-refractivity contribution >= 4 is 23.2 Å². The second-order valence-electron chi connectivity index (χ2n) is 4.58. The summed E-state index contributed by atoms with van der Waals surface area (Å²) >= 11 is 5.15. The van der Waals surface area contributed by atoms with Crippen LogP contribution < -0.4 is 20.7 Å². The Morgan fingerprint density at radius 3 is 2.81 bits per heavy atom. The average molecular weight is 307 g/mol. The molecule has 0 aliphatic carbocycles. The number of hydrogen-bond acceptors (Lipinski definition) is 4. The van der Waals surface area contributed by atoms with Crippen LogP contribution in [0, 0.1) is 0 Å². The summed E-state index contributed by atoms with van der Waals surface area (Å²) in [7, 11) is 3.05. The molecule has 0 unspecified atom stereocenters. The molecule has 1 aromatic carbocycles. The van der Waals surface area contributed by atoms with Crippen molar-refractivity contribution in [2.24, 2.45) is 0 Å². The predicted molar refractivity (Wildman–Crippen MR) is 83.0 cm³/mol. The van der Waals surface area contributed by atoms with Gasteiger partial charge in [-0.3, -0.25) is 4.79 Å². The first kappa shape index (κ1) is 15.1. The van der Waals surface area contributed by atoms with Crippen LogP contribution in [0.25, 0.3) is 0 Å². The molecule has 0 saturated carbocycles. The maximum atomic E-state index is 12.1. The Morgan fingerprint density at radius 1 is 1.48 bits per heavy atom. The lowest BCUT2D eigenvalue weighted by Gasteiger charge is -2.30. The molecule has 1 aliphatic heterocycles. The van der Waals surface area contributed by atoms with Crippen molar-refractivity contribution in [1.29, 1.82) is 0 Å². The number of benzene rings is 1. The van der Waals surface area contributed by atoms with Gasteiger partial charge in [-0.2, -0.15) is 0 Å². The highest BCUT2D eigenvalue weighted by atomic mass is 32.1. The van der Waals surface area contributed by atoms with Crippen LogP contribution in [-0.4, -0.2) is 30.3 Å². The summed E-state index contributed by atoms with van der Waals surface area (Å²) in [5.41, 5.74) is 2.00. The van der Waals surface area contributed by atoms with Gasteiger partial charge in [-0.25, -0.2) is 0 Å². The van der Waals surface area contributed by atoms with E-state index in [1.807, 2.05) is 0 Å². The molecule has 1 atom stereocenters. The van der Waals surface area contributed by atoms with E-state index in [0.29, 0.717) is 22.1 Å². The van der Waals surface area contributed by atoms with E-state index in [0.717, 1.165) is 5.56 Å². The number of rotatable bonds is 3. The number of nitrogens with one attached hydrogen (secondary N) is 3. The number of carbonyl (C=O) groups is 1. The lowest BCUT2D eigenvalue weighted by atomic mass is 9.94. The van der Waals surface area contributed by atoms with E-state index in [1.54, 1.807) is 26.1 Å². The van der Waals surface area contributed by atoms with E-state index in [4.69, 9.17) is 17.0 Å². The number of phenolic OH excluding ortho intramolecular Hbond substituents is 1. The van der Waals surface area contributed by atoms with Gasteiger partial charge in [-0.05, 0) is 36.8 Å². The minimum atomic E-state index is -0.409. The standard InChI is InChI=1S/C14H17N3O3S/c1-7-11(13(19)15-2)12(17-14(21)16-7)8-4-5-9(18)10(6-8)20-3/h4-6,12,18H,1-3H3,(H,15,19)(H2,16,17,21)/t12-/m0/s1. The van der Waals surface area contributed by atoms with Crippen molar-refractivity contribution in [2.45, 2.75) is 13.0 Å². The van der Waals surface area contributed by atoms with Crippen LogP contribution in [0.3, 0.4) is 0 Å². The first-order valence-corrected chi connectivity index (χ1v) is 6.76. The summed E-state index contributed by atoms with van der Waals surface area (Å²) in [6.45, 7) is 1.79. The maximum Gasteiger partial charge on any atom is 0.251 e. The molecule has 0 spiro atoms. The molecule has 21 heavy (non-hydrogen) atoms. The lowest BCUT2D eigenvalue weighted by Crippen LogP contribution is -2.46. The Bertz CT molecular complexity index is 628. The summed E-state index contributed by atoms with van der Waals surface area (Å²) in [5, 5.41) is 18.8. The third-order valence-electron chi connectivity index (χ3n) is 3.28. The van der Waals surface area contributed by atoms with Crippen LogP contribution in [0.1, 0.15) is 18.5 Å². The lowest BCUT2D eigenvalue weighted by molar-refractivity contribution is -0.117. The summed E-state index contributed by atoms with van der Waals surface area (Å²) in [6.07, 6.45) is 0. The zero-order valence-corrected chi connectivity index (χ0v) is 12.8. The molecular weight excluding hydrogens is 290 g/mol. The van der Waals surface area contributed by atoms with Gasteiger partial charge in [0.05, 0.1) is 18.7 Å². The number of likely N-dealkylation sites (N-methyl/N-ethyl adjacent to an activating group) is 1. The van der Waals surface area contributed by atoms with Crippen LogP contribution in [-0.2, 0) is 4.79 Å². The summed E-state index contributed by atoms with van der Waals surface area (Å²) in [5.74, 6) is 0.180. The van der Waals surface area contributed by atoms with Crippen LogP contribution in [0.2, 0.25) is 0 Å². The summed E-state index contributed by atoms with van der Waals surface area (Å²) in [6, 6.07) is 4.52. The molecule has 6 nitrogen and oxygen atoms in total. The third kappa shape index (κ3) is 2.92. The topological polar surface area (TPSA) is 82.6 Å². The Labute approximate surface area is 128 Å². The number of phenols is 1. The second-order valence-corrected chi connectivity index (χ2v) is 4.99. The van der Waals surface area contributed by atoms with Gasteiger partial charge in [-0.1, -0.05) is 6.07 Å². The number of aromatic hydroxyl groups is 1. The highest BCUT2D eigenvalue weighted by molar-refractivity contribution is 7.80. The molecule has 112 valence electrons. The van der Waals surface area contributed by atoms with Crippen molar-refractivity contribution in [1.82, 2.24) is 16.0 Å². The summed E-state index contributed by atoms with van der Waals surface area (Å²) < 4.78 is 5.11. The van der Waals surface area contributed by atoms with Crippen LogP contribution in [0.5, 0.6) is 11.5 Å². The van der Waals surface area contributed by atoms with Gasteiger partial charge in [0.25, 0.3) is 5.91 Å². The Kier molecular flexibility index (Phi) is 4.32. The van der Waals surface area contributed by atoms with Crippen molar-refractivity contribution in [3.8, 4) is 11.5 Å². The fourth-order valence-corrected chi connectivity index (χ4v) is 2.52. The van der Waals surface area contributed by atoms with E-state index in [-0.39, 0.29) is 11.7 Å². The molecule has 1 aromatic rings. The highest BCUT2D eigenvalue weighted by Gasteiger charge is 2.29. The van der Waals surface area contributed by atoms with Gasteiger partial charge in [-0.15, -0.1) is 0 Å². The molecule has 1 amide bonds. The van der Waals surface area contributed by atoms with E-state index in [2.05, 4.69) is 16.0 Å². The number of hydrogen-bond donors (Lipinski definition) is 4. The monoisotopic (exact) mass is 307 g/mol. The minimum Gasteiger partial charge on any atom is -0.504 e. The van der Waals surface area contributed by atoms with Gasteiger partial charge in [0.2, 0.25) is 0 Å². The first-order chi connectivity index (χ1) is 9.97. The molecule has 1 aliphatic rings. The fourth-order valence-electron chi connectivity index (χ4n) is 2.25. The molecule has 0 fully saturated rings. The molecule has 0 bridgehead atoms. The van der Waals surface area contributed by atoms with Crippen LogP contribution in [0.4, 0.5) is 0 Å². The summed E-state index contributed by atoms with van der Waals surface area (Å²) in [4.78, 5) is 12.1. The second kappa shape index (κ2) is 6.01. The molecular formula is C14H17N3O3S. The highest BCUT2D eigenvalue weighted by Crippen LogP contribution is 2.33. The molecule has 4 N–H and O–H groups in total. The molecule has 0 radical (unpaired) electrons. The van der Waals surface area contributed by atoms with E-state index in [1.165, 1.54) is 13.2 Å². The smallest absolute Gasteiger partial charge is 0.251 e. The molecule has 2 rings (SSSR count).